The van der Waals surface area contributed by atoms with Crippen LogP contribution in [0.3, 0.4) is 0 Å². The molecule has 24 heavy (non-hydrogen) atoms. The highest BCUT2D eigenvalue weighted by molar-refractivity contribution is 7.80. The summed E-state index contributed by atoms with van der Waals surface area (Å²) in [5.74, 6) is -0.396. The van der Waals surface area contributed by atoms with Gasteiger partial charge in [0, 0.05) is 11.4 Å². The molecule has 0 aromatic heterocycles. The third kappa shape index (κ3) is 5.17. The first-order valence-corrected chi connectivity index (χ1v) is 7.20. The van der Waals surface area contributed by atoms with Crippen LogP contribution >= 0.6 is 12.2 Å². The highest BCUT2D eigenvalue weighted by atomic mass is 32.1. The number of esters is 1. The van der Waals surface area contributed by atoms with Gasteiger partial charge in [-0.1, -0.05) is 6.07 Å². The number of carbonyl (C=O) groups is 1. The molecule has 5 nitrogen and oxygen atoms in total. The van der Waals surface area contributed by atoms with Gasteiger partial charge in [-0.2, -0.15) is 8.78 Å². The van der Waals surface area contributed by atoms with E-state index in [-0.39, 0.29) is 10.9 Å². The summed E-state index contributed by atoms with van der Waals surface area (Å²) in [5, 5.41) is 6.09. The van der Waals surface area contributed by atoms with E-state index in [1.807, 2.05) is 0 Å². The smallest absolute Gasteiger partial charge is 0.387 e. The first-order valence-electron chi connectivity index (χ1n) is 6.79. The monoisotopic (exact) mass is 352 g/mol. The number of halogens is 2. The highest BCUT2D eigenvalue weighted by Gasteiger charge is 2.07. The molecule has 8 heteroatoms. The third-order valence-electron chi connectivity index (χ3n) is 2.88. The normalized spacial score (nSPS) is 10.2. The number of nitrogens with one attached hydrogen (secondary N) is 2. The van der Waals surface area contributed by atoms with Crippen molar-refractivity contribution in [2.75, 3.05) is 17.7 Å². The van der Waals surface area contributed by atoms with Gasteiger partial charge in [0.05, 0.1) is 12.7 Å². The Morgan fingerprint density at radius 3 is 2.38 bits per heavy atom. The van der Waals surface area contributed by atoms with Gasteiger partial charge in [-0.25, -0.2) is 4.79 Å². The predicted molar refractivity (Wildman–Crippen MR) is 90.7 cm³/mol. The summed E-state index contributed by atoms with van der Waals surface area (Å²) in [4.78, 5) is 11.5. The lowest BCUT2D eigenvalue weighted by atomic mass is 10.2. The maximum absolute atomic E-state index is 12.1. The van der Waals surface area contributed by atoms with E-state index in [1.54, 1.807) is 36.4 Å². The van der Waals surface area contributed by atoms with Crippen LogP contribution in [0.15, 0.2) is 48.5 Å². The van der Waals surface area contributed by atoms with Crippen LogP contribution in [0.4, 0.5) is 20.2 Å². The minimum Gasteiger partial charge on any atom is -0.465 e. The molecule has 2 aromatic rings. The lowest BCUT2D eigenvalue weighted by molar-refractivity contribution is -0.0498. The second kappa shape index (κ2) is 8.21. The average molecular weight is 352 g/mol. The summed E-state index contributed by atoms with van der Waals surface area (Å²) in [7, 11) is 1.30. The molecule has 0 saturated heterocycles. The quantitative estimate of drug-likeness (QED) is 0.629. The zero-order valence-electron chi connectivity index (χ0n) is 12.6. The Morgan fingerprint density at radius 1 is 1.08 bits per heavy atom. The molecule has 0 aliphatic rings. The number of ether oxygens (including phenoxy) is 2. The zero-order chi connectivity index (χ0) is 17.5. The van der Waals surface area contributed by atoms with Gasteiger partial charge in [-0.3, -0.25) is 0 Å². The Kier molecular flexibility index (Phi) is 6.02. The van der Waals surface area contributed by atoms with Gasteiger partial charge in [-0.05, 0) is 54.7 Å². The van der Waals surface area contributed by atoms with Crippen LogP contribution in [0.2, 0.25) is 0 Å². The first-order chi connectivity index (χ1) is 11.5. The highest BCUT2D eigenvalue weighted by Crippen LogP contribution is 2.18. The van der Waals surface area contributed by atoms with E-state index in [4.69, 9.17) is 12.2 Å². The van der Waals surface area contributed by atoms with E-state index >= 15 is 0 Å². The zero-order valence-corrected chi connectivity index (χ0v) is 13.4. The molecule has 0 fully saturated rings. The van der Waals surface area contributed by atoms with Crippen molar-refractivity contribution in [3.05, 3.63) is 54.1 Å². The average Bonchev–Trinajstić information content (AvgIpc) is 2.55. The fourth-order valence-corrected chi connectivity index (χ4v) is 2.09. The number of carbonyl (C=O) groups excluding carboxylic acids is 1. The number of alkyl halides is 2. The van der Waals surface area contributed by atoms with E-state index in [2.05, 4.69) is 20.1 Å². The number of anilines is 2. The van der Waals surface area contributed by atoms with Crippen LogP contribution < -0.4 is 15.4 Å². The van der Waals surface area contributed by atoms with Crippen LogP contribution in [-0.2, 0) is 4.74 Å². The largest absolute Gasteiger partial charge is 0.465 e. The fraction of sp³-hybridized carbons (Fsp3) is 0.125. The number of hydrogen-bond acceptors (Lipinski definition) is 4. The predicted octanol–water partition coefficient (Wildman–Crippen LogP) is 3.88. The molecule has 126 valence electrons. The van der Waals surface area contributed by atoms with Crippen molar-refractivity contribution >= 4 is 34.7 Å². The standard InChI is InChI=1S/C16H14F2N2O3S/c1-22-14(21)10-3-2-4-12(9-10)20-16(24)19-11-5-7-13(8-6-11)23-15(17)18/h2-9,15H,1H3,(H2,19,20,24). The summed E-state index contributed by atoms with van der Waals surface area (Å²) < 4.78 is 33.1. The van der Waals surface area contributed by atoms with Crippen LogP contribution in [0.5, 0.6) is 5.75 Å². The van der Waals surface area contributed by atoms with Crippen molar-refractivity contribution in [1.29, 1.82) is 0 Å². The molecule has 0 atom stereocenters. The van der Waals surface area contributed by atoms with Gasteiger partial charge in [0.15, 0.2) is 5.11 Å². The molecule has 2 N–H and O–H groups in total. The van der Waals surface area contributed by atoms with Gasteiger partial charge in [0.2, 0.25) is 0 Å². The molecular weight excluding hydrogens is 338 g/mol. The van der Waals surface area contributed by atoms with Crippen molar-refractivity contribution < 1.29 is 23.0 Å². The fourth-order valence-electron chi connectivity index (χ4n) is 1.85. The van der Waals surface area contributed by atoms with E-state index in [0.29, 0.717) is 16.9 Å². The van der Waals surface area contributed by atoms with Gasteiger partial charge in [0.1, 0.15) is 5.75 Å². The minimum absolute atomic E-state index is 0.0557. The summed E-state index contributed by atoms with van der Waals surface area (Å²) in [5.41, 5.74) is 1.59. The first kappa shape index (κ1) is 17.6. The SMILES string of the molecule is COC(=O)c1cccc(NC(=S)Nc2ccc(OC(F)F)cc2)c1. The lowest BCUT2D eigenvalue weighted by Crippen LogP contribution is -2.19. The van der Waals surface area contributed by atoms with E-state index < -0.39 is 12.6 Å². The van der Waals surface area contributed by atoms with Crippen molar-refractivity contribution in [2.24, 2.45) is 0 Å². The number of benzene rings is 2. The molecule has 0 aliphatic heterocycles. The topological polar surface area (TPSA) is 59.6 Å². The van der Waals surface area contributed by atoms with E-state index in [9.17, 15) is 13.6 Å². The summed E-state index contributed by atoms with van der Waals surface area (Å²) in [6.45, 7) is -2.87. The van der Waals surface area contributed by atoms with Gasteiger partial charge in [-0.15, -0.1) is 0 Å². The van der Waals surface area contributed by atoms with Crippen molar-refractivity contribution in [3.8, 4) is 5.75 Å². The summed E-state index contributed by atoms with van der Waals surface area (Å²) in [6, 6.07) is 12.5. The molecule has 2 rings (SSSR count). The van der Waals surface area contributed by atoms with Crippen molar-refractivity contribution in [2.45, 2.75) is 6.61 Å². The summed E-state index contributed by atoms with van der Waals surface area (Å²) in [6.07, 6.45) is 0. The van der Waals surface area contributed by atoms with E-state index in [1.165, 1.54) is 19.2 Å². The molecule has 0 amide bonds. The third-order valence-corrected chi connectivity index (χ3v) is 3.08. The maximum Gasteiger partial charge on any atom is 0.387 e. The van der Waals surface area contributed by atoms with Crippen molar-refractivity contribution in [3.63, 3.8) is 0 Å². The molecular formula is C16H14F2N2O3S. The number of hydrogen-bond donors (Lipinski definition) is 2. The minimum atomic E-state index is -2.87. The lowest BCUT2D eigenvalue weighted by Gasteiger charge is -2.12. The molecule has 2 aromatic carbocycles. The van der Waals surface area contributed by atoms with Gasteiger partial charge in [0.25, 0.3) is 0 Å². The number of methoxy groups -OCH3 is 1. The Bertz CT molecular complexity index is 724. The molecule has 0 aliphatic carbocycles. The maximum atomic E-state index is 12.1. The second-order valence-corrected chi connectivity index (χ2v) is 4.96. The molecule has 0 saturated carbocycles. The Hall–Kier alpha value is -2.74. The van der Waals surface area contributed by atoms with Crippen LogP contribution in [0.1, 0.15) is 10.4 Å². The molecule has 0 spiro atoms. The Morgan fingerprint density at radius 2 is 1.75 bits per heavy atom. The number of thiocarbonyl (C=S) groups is 1. The Labute approximate surface area is 142 Å². The van der Waals surface area contributed by atoms with Gasteiger partial charge < -0.3 is 20.1 Å². The number of rotatable bonds is 5. The molecule has 0 bridgehead atoms. The van der Waals surface area contributed by atoms with Crippen molar-refractivity contribution in [1.82, 2.24) is 0 Å². The molecule has 0 radical (unpaired) electrons. The van der Waals surface area contributed by atoms with Crippen LogP contribution in [-0.4, -0.2) is 24.8 Å². The molecule has 0 heterocycles. The second-order valence-electron chi connectivity index (χ2n) is 4.55. The molecule has 0 unspecified atom stereocenters. The van der Waals surface area contributed by atoms with Crippen LogP contribution in [0, 0.1) is 0 Å². The Balaban J connectivity index is 1.97. The summed E-state index contributed by atoms with van der Waals surface area (Å²) >= 11 is 5.17. The van der Waals surface area contributed by atoms with Gasteiger partial charge >= 0.3 is 12.6 Å². The van der Waals surface area contributed by atoms with Crippen LogP contribution in [0.25, 0.3) is 0 Å². The van der Waals surface area contributed by atoms with E-state index in [0.717, 1.165) is 0 Å².